The van der Waals surface area contributed by atoms with Crippen molar-refractivity contribution in [2.75, 3.05) is 0 Å². The minimum absolute atomic E-state index is 0.0126. The number of phenolic OH excluding ortho intramolecular Hbond substituents is 1. The maximum Gasteiger partial charge on any atom is 0.201 e. The predicted molar refractivity (Wildman–Crippen MR) is 57.5 cm³/mol. The zero-order valence-corrected chi connectivity index (χ0v) is 9.27. The third-order valence-corrected chi connectivity index (χ3v) is 2.23. The van der Waals surface area contributed by atoms with E-state index in [0.29, 0.717) is 6.29 Å². The van der Waals surface area contributed by atoms with E-state index in [9.17, 15) is 18.7 Å². The topological polar surface area (TPSA) is 37.3 Å². The number of rotatable bonds is 2. The first-order chi connectivity index (χ1) is 7.40. The van der Waals surface area contributed by atoms with Crippen LogP contribution < -0.4 is 0 Å². The van der Waals surface area contributed by atoms with Gasteiger partial charge in [0.15, 0.2) is 17.9 Å². The summed E-state index contributed by atoms with van der Waals surface area (Å²) in [4.78, 5) is 10.8. The molecule has 0 fully saturated rings. The fraction of sp³-hybridized carbons (Fsp3) is 0.250. The SMILES string of the molecule is CC(C)=Cc1c(C)c(F)c(F)c(O)c1C=O. The third-order valence-electron chi connectivity index (χ3n) is 2.23. The highest BCUT2D eigenvalue weighted by Gasteiger charge is 2.20. The summed E-state index contributed by atoms with van der Waals surface area (Å²) in [6.45, 7) is 4.87. The average Bonchev–Trinajstić information content (AvgIpc) is 2.23. The van der Waals surface area contributed by atoms with Crippen LogP contribution in [0.2, 0.25) is 0 Å². The summed E-state index contributed by atoms with van der Waals surface area (Å²) in [7, 11) is 0. The molecule has 0 aromatic heterocycles. The molecular weight excluding hydrogens is 214 g/mol. The lowest BCUT2D eigenvalue weighted by Gasteiger charge is -2.10. The predicted octanol–water partition coefficient (Wildman–Crippen LogP) is 3.21. The van der Waals surface area contributed by atoms with Gasteiger partial charge in [0.2, 0.25) is 5.82 Å². The number of hydrogen-bond donors (Lipinski definition) is 1. The Morgan fingerprint density at radius 1 is 1.19 bits per heavy atom. The Bertz CT molecular complexity index is 473. The number of phenols is 1. The average molecular weight is 226 g/mol. The van der Waals surface area contributed by atoms with E-state index in [0.717, 1.165) is 5.57 Å². The van der Waals surface area contributed by atoms with E-state index < -0.39 is 17.4 Å². The number of aldehydes is 1. The minimum Gasteiger partial charge on any atom is -0.504 e. The normalized spacial score (nSPS) is 10.1. The minimum atomic E-state index is -1.38. The van der Waals surface area contributed by atoms with Crippen molar-refractivity contribution < 1.29 is 18.7 Å². The summed E-state index contributed by atoms with van der Waals surface area (Å²) in [6.07, 6.45) is 1.85. The van der Waals surface area contributed by atoms with E-state index in [1.165, 1.54) is 13.0 Å². The molecule has 0 aliphatic heterocycles. The molecule has 0 saturated heterocycles. The van der Waals surface area contributed by atoms with Crippen LogP contribution in [0.1, 0.15) is 35.3 Å². The van der Waals surface area contributed by atoms with Crippen LogP contribution in [0.4, 0.5) is 8.78 Å². The Hall–Kier alpha value is -1.71. The molecule has 86 valence electrons. The number of aromatic hydroxyl groups is 1. The first kappa shape index (κ1) is 12.4. The highest BCUT2D eigenvalue weighted by Crippen LogP contribution is 2.31. The van der Waals surface area contributed by atoms with Crippen LogP contribution in [-0.2, 0) is 0 Å². The lowest BCUT2D eigenvalue weighted by molar-refractivity contribution is 0.111. The van der Waals surface area contributed by atoms with E-state index in [4.69, 9.17) is 0 Å². The fourth-order valence-corrected chi connectivity index (χ4v) is 1.43. The Kier molecular flexibility index (Phi) is 3.42. The third kappa shape index (κ3) is 1.96. The van der Waals surface area contributed by atoms with Crippen LogP contribution >= 0.6 is 0 Å². The molecule has 2 nitrogen and oxygen atoms in total. The molecule has 0 aliphatic carbocycles. The van der Waals surface area contributed by atoms with Gasteiger partial charge in [-0.25, -0.2) is 4.39 Å². The Morgan fingerprint density at radius 2 is 1.75 bits per heavy atom. The number of allylic oxidation sites excluding steroid dienone is 1. The van der Waals surface area contributed by atoms with Crippen molar-refractivity contribution in [3.8, 4) is 5.75 Å². The number of hydrogen-bond acceptors (Lipinski definition) is 2. The van der Waals surface area contributed by atoms with Gasteiger partial charge in [0.05, 0.1) is 5.56 Å². The maximum absolute atomic E-state index is 13.3. The number of halogens is 2. The van der Waals surface area contributed by atoms with Crippen molar-refractivity contribution >= 4 is 12.4 Å². The molecule has 0 radical (unpaired) electrons. The van der Waals surface area contributed by atoms with Crippen molar-refractivity contribution in [3.05, 3.63) is 33.9 Å². The molecule has 0 amide bonds. The molecule has 0 bridgehead atoms. The van der Waals surface area contributed by atoms with Crippen LogP contribution in [0, 0.1) is 18.6 Å². The molecule has 1 aromatic carbocycles. The second-order valence-corrected chi connectivity index (χ2v) is 3.77. The molecule has 0 spiro atoms. The zero-order valence-electron chi connectivity index (χ0n) is 9.27. The van der Waals surface area contributed by atoms with Crippen LogP contribution in [0.5, 0.6) is 5.75 Å². The van der Waals surface area contributed by atoms with Gasteiger partial charge in [-0.3, -0.25) is 4.79 Å². The second-order valence-electron chi connectivity index (χ2n) is 3.77. The van der Waals surface area contributed by atoms with Crippen molar-refractivity contribution in [3.63, 3.8) is 0 Å². The summed E-state index contributed by atoms with van der Waals surface area (Å²) in [5.74, 6) is -3.45. The van der Waals surface area contributed by atoms with Gasteiger partial charge in [-0.1, -0.05) is 11.6 Å². The highest BCUT2D eigenvalue weighted by atomic mass is 19.2. The van der Waals surface area contributed by atoms with Gasteiger partial charge in [-0.15, -0.1) is 0 Å². The van der Waals surface area contributed by atoms with Gasteiger partial charge in [0.1, 0.15) is 0 Å². The Labute approximate surface area is 92.2 Å². The number of carbonyl (C=O) groups excluding carboxylic acids is 1. The van der Waals surface area contributed by atoms with E-state index in [1.807, 2.05) is 0 Å². The van der Waals surface area contributed by atoms with Gasteiger partial charge in [0, 0.05) is 0 Å². The quantitative estimate of drug-likeness (QED) is 0.786. The van der Waals surface area contributed by atoms with Crippen molar-refractivity contribution in [1.29, 1.82) is 0 Å². The largest absolute Gasteiger partial charge is 0.504 e. The van der Waals surface area contributed by atoms with Gasteiger partial charge in [-0.2, -0.15) is 4.39 Å². The summed E-state index contributed by atoms with van der Waals surface area (Å²) in [5.41, 5.74) is 0.819. The zero-order chi connectivity index (χ0) is 12.5. The molecular formula is C12H12F2O2. The van der Waals surface area contributed by atoms with Crippen molar-refractivity contribution in [2.45, 2.75) is 20.8 Å². The molecule has 0 unspecified atom stereocenters. The van der Waals surface area contributed by atoms with Crippen LogP contribution in [-0.4, -0.2) is 11.4 Å². The molecule has 0 aliphatic rings. The van der Waals surface area contributed by atoms with Gasteiger partial charge < -0.3 is 5.11 Å². The molecule has 0 heterocycles. The summed E-state index contributed by atoms with van der Waals surface area (Å²) >= 11 is 0. The summed E-state index contributed by atoms with van der Waals surface area (Å²) < 4.78 is 26.5. The van der Waals surface area contributed by atoms with Gasteiger partial charge in [-0.05, 0) is 31.9 Å². The van der Waals surface area contributed by atoms with Crippen molar-refractivity contribution in [1.82, 2.24) is 0 Å². The standard InChI is InChI=1S/C12H12F2O2/c1-6(2)4-8-7(3)10(13)11(14)12(16)9(8)5-15/h4-5,16H,1-3H3. The molecule has 1 N–H and O–H groups in total. The van der Waals surface area contributed by atoms with E-state index in [1.54, 1.807) is 13.8 Å². The summed E-state index contributed by atoms with van der Waals surface area (Å²) in [6, 6.07) is 0. The van der Waals surface area contributed by atoms with E-state index in [-0.39, 0.29) is 16.7 Å². The smallest absolute Gasteiger partial charge is 0.201 e. The number of carbonyl (C=O) groups is 1. The molecule has 1 aromatic rings. The first-order valence-corrected chi connectivity index (χ1v) is 4.70. The highest BCUT2D eigenvalue weighted by molar-refractivity contribution is 5.87. The fourth-order valence-electron chi connectivity index (χ4n) is 1.43. The Balaban J connectivity index is 3.71. The molecule has 4 heteroatoms. The monoisotopic (exact) mass is 226 g/mol. The lowest BCUT2D eigenvalue weighted by Crippen LogP contribution is -2.00. The van der Waals surface area contributed by atoms with E-state index >= 15 is 0 Å². The van der Waals surface area contributed by atoms with E-state index in [2.05, 4.69) is 0 Å². The molecule has 16 heavy (non-hydrogen) atoms. The Morgan fingerprint density at radius 3 is 2.19 bits per heavy atom. The van der Waals surface area contributed by atoms with Gasteiger partial charge >= 0.3 is 0 Å². The lowest BCUT2D eigenvalue weighted by atomic mass is 9.98. The van der Waals surface area contributed by atoms with Gasteiger partial charge in [0.25, 0.3) is 0 Å². The molecule has 1 rings (SSSR count). The van der Waals surface area contributed by atoms with Crippen molar-refractivity contribution in [2.24, 2.45) is 0 Å². The van der Waals surface area contributed by atoms with Crippen LogP contribution in [0.25, 0.3) is 6.08 Å². The van der Waals surface area contributed by atoms with Crippen LogP contribution in [0.15, 0.2) is 5.57 Å². The maximum atomic E-state index is 13.3. The molecule has 0 saturated carbocycles. The second kappa shape index (κ2) is 4.43. The first-order valence-electron chi connectivity index (χ1n) is 4.70. The van der Waals surface area contributed by atoms with Crippen LogP contribution in [0.3, 0.4) is 0 Å². The summed E-state index contributed by atoms with van der Waals surface area (Å²) in [5, 5.41) is 9.32. The number of benzene rings is 1. The molecule has 0 atom stereocenters.